The van der Waals surface area contributed by atoms with Gasteiger partial charge < -0.3 is 5.73 Å². The van der Waals surface area contributed by atoms with Gasteiger partial charge in [-0.3, -0.25) is 4.31 Å². The number of aryl methyl sites for hydroxylation is 1. The van der Waals surface area contributed by atoms with Crippen LogP contribution in [0.1, 0.15) is 32.3 Å². The van der Waals surface area contributed by atoms with Crippen LogP contribution in [0.4, 0.5) is 11.4 Å². The minimum atomic E-state index is -3.21. The first-order valence-electron chi connectivity index (χ1n) is 6.79. The zero-order valence-electron chi connectivity index (χ0n) is 11.6. The van der Waals surface area contributed by atoms with E-state index in [1.807, 2.05) is 26.0 Å². The molecule has 0 aromatic heterocycles. The molecule has 0 radical (unpaired) electrons. The fourth-order valence-corrected chi connectivity index (χ4v) is 4.24. The molecule has 0 amide bonds. The van der Waals surface area contributed by atoms with Gasteiger partial charge in [0, 0.05) is 12.2 Å². The van der Waals surface area contributed by atoms with E-state index in [0.717, 1.165) is 24.1 Å². The lowest BCUT2D eigenvalue weighted by atomic mass is 10.0. The molecule has 1 aliphatic heterocycles. The number of nitrogen functional groups attached to an aromatic ring is 1. The van der Waals surface area contributed by atoms with Crippen LogP contribution in [0, 0.1) is 5.92 Å². The molecule has 0 fully saturated rings. The van der Waals surface area contributed by atoms with E-state index in [4.69, 9.17) is 5.73 Å². The maximum Gasteiger partial charge on any atom is 0.235 e. The predicted octanol–water partition coefficient (Wildman–Crippen LogP) is 2.40. The number of fused-ring (bicyclic) bond motifs is 1. The quantitative estimate of drug-likeness (QED) is 0.862. The van der Waals surface area contributed by atoms with Crippen LogP contribution in [0.15, 0.2) is 18.2 Å². The molecule has 1 aromatic carbocycles. The first-order chi connectivity index (χ1) is 8.90. The van der Waals surface area contributed by atoms with Crippen molar-refractivity contribution in [2.24, 2.45) is 5.92 Å². The molecule has 0 atom stereocenters. The SMILES string of the molecule is CC(C)CCS(=O)(=O)N1CCCc2cc(N)ccc21. The summed E-state index contributed by atoms with van der Waals surface area (Å²) in [4.78, 5) is 0. The maximum atomic E-state index is 12.4. The molecular weight excluding hydrogens is 260 g/mol. The van der Waals surface area contributed by atoms with E-state index < -0.39 is 10.0 Å². The number of nitrogens with zero attached hydrogens (tertiary/aromatic N) is 1. The molecule has 2 rings (SSSR count). The van der Waals surface area contributed by atoms with Crippen molar-refractivity contribution in [3.8, 4) is 0 Å². The monoisotopic (exact) mass is 282 g/mol. The third-order valence-corrected chi connectivity index (χ3v) is 5.27. The molecule has 1 heterocycles. The minimum Gasteiger partial charge on any atom is -0.399 e. The highest BCUT2D eigenvalue weighted by atomic mass is 32.2. The minimum absolute atomic E-state index is 0.217. The third kappa shape index (κ3) is 3.21. The number of hydrogen-bond donors (Lipinski definition) is 1. The Balaban J connectivity index is 2.28. The summed E-state index contributed by atoms with van der Waals surface area (Å²) in [6.45, 7) is 4.66. The van der Waals surface area contributed by atoms with E-state index in [9.17, 15) is 8.42 Å². The van der Waals surface area contributed by atoms with Gasteiger partial charge >= 0.3 is 0 Å². The van der Waals surface area contributed by atoms with Crippen molar-refractivity contribution in [3.63, 3.8) is 0 Å². The summed E-state index contributed by atoms with van der Waals surface area (Å²) >= 11 is 0. The van der Waals surface area contributed by atoms with Gasteiger partial charge in [-0.1, -0.05) is 13.8 Å². The molecule has 0 unspecified atom stereocenters. The van der Waals surface area contributed by atoms with Gasteiger partial charge in [0.1, 0.15) is 0 Å². The number of rotatable bonds is 4. The molecule has 0 aliphatic carbocycles. The van der Waals surface area contributed by atoms with Crippen LogP contribution < -0.4 is 10.0 Å². The second kappa shape index (κ2) is 5.41. The van der Waals surface area contributed by atoms with Crippen LogP contribution in [-0.4, -0.2) is 20.7 Å². The van der Waals surface area contributed by atoms with E-state index in [1.165, 1.54) is 0 Å². The normalized spacial score (nSPS) is 15.6. The topological polar surface area (TPSA) is 63.4 Å². The second-order valence-corrected chi connectivity index (χ2v) is 7.58. The molecule has 0 saturated carbocycles. The average molecular weight is 282 g/mol. The lowest BCUT2D eigenvalue weighted by Crippen LogP contribution is -2.37. The summed E-state index contributed by atoms with van der Waals surface area (Å²) in [7, 11) is -3.21. The number of sulfonamides is 1. The predicted molar refractivity (Wildman–Crippen MR) is 79.8 cm³/mol. The molecule has 2 N–H and O–H groups in total. The highest BCUT2D eigenvalue weighted by Crippen LogP contribution is 2.31. The zero-order valence-corrected chi connectivity index (χ0v) is 12.4. The summed E-state index contributed by atoms with van der Waals surface area (Å²) in [6, 6.07) is 5.49. The van der Waals surface area contributed by atoms with E-state index in [1.54, 1.807) is 10.4 Å². The highest BCUT2D eigenvalue weighted by molar-refractivity contribution is 7.92. The van der Waals surface area contributed by atoms with Crippen LogP contribution in [0.2, 0.25) is 0 Å². The van der Waals surface area contributed by atoms with Gasteiger partial charge in [-0.05, 0) is 48.9 Å². The average Bonchev–Trinajstić information content (AvgIpc) is 2.35. The lowest BCUT2D eigenvalue weighted by molar-refractivity contribution is 0.566. The van der Waals surface area contributed by atoms with Gasteiger partial charge in [0.2, 0.25) is 10.0 Å². The summed E-state index contributed by atoms with van der Waals surface area (Å²) in [5.74, 6) is 0.611. The molecule has 19 heavy (non-hydrogen) atoms. The maximum absolute atomic E-state index is 12.4. The molecular formula is C14H22N2O2S. The van der Waals surface area contributed by atoms with Crippen molar-refractivity contribution in [1.82, 2.24) is 0 Å². The van der Waals surface area contributed by atoms with E-state index >= 15 is 0 Å². The Labute approximate surface area is 115 Å². The van der Waals surface area contributed by atoms with Crippen molar-refractivity contribution in [1.29, 1.82) is 0 Å². The van der Waals surface area contributed by atoms with E-state index in [-0.39, 0.29) is 5.75 Å². The Bertz CT molecular complexity index is 553. The second-order valence-electron chi connectivity index (χ2n) is 5.56. The summed E-state index contributed by atoms with van der Waals surface area (Å²) in [5.41, 5.74) is 8.31. The number of hydrogen-bond acceptors (Lipinski definition) is 3. The van der Waals surface area contributed by atoms with Gasteiger partial charge in [-0.25, -0.2) is 8.42 Å². The zero-order chi connectivity index (χ0) is 14.0. The summed E-state index contributed by atoms with van der Waals surface area (Å²) in [5, 5.41) is 0. The Hall–Kier alpha value is -1.23. The first kappa shape index (κ1) is 14.2. The molecule has 0 saturated heterocycles. The molecule has 5 heteroatoms. The Morgan fingerprint density at radius 3 is 2.79 bits per heavy atom. The van der Waals surface area contributed by atoms with Crippen LogP contribution in [-0.2, 0) is 16.4 Å². The first-order valence-corrected chi connectivity index (χ1v) is 8.40. The van der Waals surface area contributed by atoms with Gasteiger partial charge in [-0.15, -0.1) is 0 Å². The van der Waals surface area contributed by atoms with Gasteiger partial charge in [0.25, 0.3) is 0 Å². The molecule has 0 spiro atoms. The Kier molecular flexibility index (Phi) is 4.04. The molecule has 1 aliphatic rings. The fourth-order valence-electron chi connectivity index (χ4n) is 2.37. The molecule has 4 nitrogen and oxygen atoms in total. The fraction of sp³-hybridized carbons (Fsp3) is 0.571. The van der Waals surface area contributed by atoms with Crippen molar-refractivity contribution in [3.05, 3.63) is 23.8 Å². The van der Waals surface area contributed by atoms with Crippen molar-refractivity contribution in [2.75, 3.05) is 22.3 Å². The van der Waals surface area contributed by atoms with Gasteiger partial charge in [-0.2, -0.15) is 0 Å². The lowest BCUT2D eigenvalue weighted by Gasteiger charge is -2.31. The van der Waals surface area contributed by atoms with E-state index in [2.05, 4.69) is 0 Å². The van der Waals surface area contributed by atoms with Crippen LogP contribution in [0.5, 0.6) is 0 Å². The number of anilines is 2. The summed E-state index contributed by atoms with van der Waals surface area (Å²) in [6.07, 6.45) is 2.46. The van der Waals surface area contributed by atoms with Crippen molar-refractivity contribution >= 4 is 21.4 Å². The highest BCUT2D eigenvalue weighted by Gasteiger charge is 2.27. The molecule has 1 aromatic rings. The smallest absolute Gasteiger partial charge is 0.235 e. The number of benzene rings is 1. The van der Waals surface area contributed by atoms with E-state index in [0.29, 0.717) is 24.6 Å². The van der Waals surface area contributed by atoms with Crippen LogP contribution in [0.3, 0.4) is 0 Å². The van der Waals surface area contributed by atoms with Crippen LogP contribution in [0.25, 0.3) is 0 Å². The van der Waals surface area contributed by atoms with Gasteiger partial charge in [0.15, 0.2) is 0 Å². The van der Waals surface area contributed by atoms with Gasteiger partial charge in [0.05, 0.1) is 11.4 Å². The van der Waals surface area contributed by atoms with Crippen LogP contribution >= 0.6 is 0 Å². The number of nitrogens with two attached hydrogens (primary N) is 1. The molecule has 0 bridgehead atoms. The Morgan fingerprint density at radius 2 is 2.11 bits per heavy atom. The standard InChI is InChI=1S/C14H22N2O2S/c1-11(2)7-9-19(17,18)16-8-3-4-12-10-13(15)5-6-14(12)16/h5-6,10-11H,3-4,7-9,15H2,1-2H3. The van der Waals surface area contributed by atoms with Crippen molar-refractivity contribution in [2.45, 2.75) is 33.1 Å². The largest absolute Gasteiger partial charge is 0.399 e. The Morgan fingerprint density at radius 1 is 1.37 bits per heavy atom. The molecule has 106 valence electrons. The third-order valence-electron chi connectivity index (χ3n) is 3.47. The van der Waals surface area contributed by atoms with Crippen molar-refractivity contribution < 1.29 is 8.42 Å². The summed E-state index contributed by atoms with van der Waals surface area (Å²) < 4.78 is 26.4.